The Morgan fingerprint density at radius 1 is 0.500 bits per heavy atom. The maximum Gasteiger partial charge on any atom is 0.258 e. The second-order valence-corrected chi connectivity index (χ2v) is 16.2. The minimum Gasteiger partial charge on any atom is -0.490 e. The van der Waals surface area contributed by atoms with Crippen molar-refractivity contribution in [2.75, 3.05) is 14.1 Å². The van der Waals surface area contributed by atoms with Gasteiger partial charge in [0.2, 0.25) is 11.8 Å². The topological polar surface area (TPSA) is 117 Å². The van der Waals surface area contributed by atoms with E-state index in [1.807, 2.05) is 111 Å². The molecule has 0 aromatic heterocycles. The van der Waals surface area contributed by atoms with Crippen LogP contribution in [0.15, 0.2) is 133 Å². The number of hydrogen-bond acceptors (Lipinski definition) is 6. The summed E-state index contributed by atoms with van der Waals surface area (Å²) < 4.78 is 12.2. The molecular weight excluding hydrogens is 777 g/mol. The van der Waals surface area contributed by atoms with Crippen LogP contribution in [0, 0.1) is 0 Å². The fourth-order valence-electron chi connectivity index (χ4n) is 7.52. The Morgan fingerprint density at radius 2 is 0.839 bits per heavy atom. The van der Waals surface area contributed by atoms with E-state index in [0.717, 1.165) is 49.7 Å². The van der Waals surface area contributed by atoms with Crippen molar-refractivity contribution in [3.05, 3.63) is 156 Å². The molecule has 2 N–H and O–H groups in total. The van der Waals surface area contributed by atoms with Crippen molar-refractivity contribution in [2.24, 2.45) is 0 Å². The smallest absolute Gasteiger partial charge is 0.258 e. The minimum atomic E-state index is -0.624. The molecule has 0 spiro atoms. The van der Waals surface area contributed by atoms with Crippen LogP contribution in [-0.4, -0.2) is 83.9 Å². The van der Waals surface area contributed by atoms with Gasteiger partial charge in [-0.25, -0.2) is 0 Å². The van der Waals surface area contributed by atoms with Crippen LogP contribution in [0.4, 0.5) is 0 Å². The van der Waals surface area contributed by atoms with Gasteiger partial charge < -0.3 is 29.9 Å². The van der Waals surface area contributed by atoms with E-state index in [9.17, 15) is 19.2 Å². The van der Waals surface area contributed by atoms with Crippen LogP contribution in [0.2, 0.25) is 0 Å². The largest absolute Gasteiger partial charge is 0.490 e. The molecule has 0 aliphatic carbocycles. The molecule has 0 fully saturated rings. The molecule has 2 heterocycles. The molecular formula is C52H64N4O6. The summed E-state index contributed by atoms with van der Waals surface area (Å²) in [4.78, 5) is 56.6. The van der Waals surface area contributed by atoms with Crippen LogP contribution in [0.5, 0.6) is 11.5 Å². The van der Waals surface area contributed by atoms with Gasteiger partial charge in [0.15, 0.2) is 0 Å². The van der Waals surface area contributed by atoms with Gasteiger partial charge in [-0.2, -0.15) is 0 Å². The standard InChI is InChI=1S/2C26H32N2O3/c2*1-4-21-15-9-8-12-19(2)31-24-17-11-10-16-22(24)26(30)28(3)23(25(29)27-21)18-20-13-6-5-7-14-20/h2*5-11,13-14,16-17,19,21,23H,4,12,15,18H2,1-3H3,(H,27,29)/b9-8+;9-8-/t2*19-,21+,23-/m00/s1. The molecule has 6 rings (SSSR count). The monoisotopic (exact) mass is 840 g/mol. The first-order chi connectivity index (χ1) is 30.0. The van der Waals surface area contributed by atoms with Crippen molar-refractivity contribution in [3.63, 3.8) is 0 Å². The number of benzene rings is 4. The van der Waals surface area contributed by atoms with E-state index in [-0.39, 0.29) is 47.9 Å². The Bertz CT molecular complexity index is 1970. The number of hydrogen-bond donors (Lipinski definition) is 2. The fourth-order valence-corrected chi connectivity index (χ4v) is 7.52. The fraction of sp³-hybridized carbons (Fsp3) is 0.385. The molecule has 6 atom stereocenters. The molecule has 2 aliphatic rings. The molecule has 0 saturated carbocycles. The first-order valence-electron chi connectivity index (χ1n) is 22.0. The Labute approximate surface area is 368 Å². The predicted molar refractivity (Wildman–Crippen MR) is 246 cm³/mol. The molecule has 0 saturated heterocycles. The maximum absolute atomic E-state index is 13.5. The summed E-state index contributed by atoms with van der Waals surface area (Å²) >= 11 is 0. The number of carbonyl (C=O) groups excluding carboxylic acids is 4. The van der Waals surface area contributed by atoms with Crippen molar-refractivity contribution < 1.29 is 28.7 Å². The molecule has 10 heteroatoms. The molecule has 0 radical (unpaired) electrons. The average Bonchev–Trinajstić information content (AvgIpc) is 3.29. The molecule has 2 aliphatic heterocycles. The lowest BCUT2D eigenvalue weighted by Crippen LogP contribution is -2.51. The van der Waals surface area contributed by atoms with E-state index < -0.39 is 12.1 Å². The Hall–Kier alpha value is -6.16. The van der Waals surface area contributed by atoms with Crippen molar-refractivity contribution in [2.45, 2.75) is 115 Å². The van der Waals surface area contributed by atoms with Gasteiger partial charge in [0, 0.05) is 51.9 Å². The highest BCUT2D eigenvalue weighted by Crippen LogP contribution is 2.26. The lowest BCUT2D eigenvalue weighted by atomic mass is 10.0. The van der Waals surface area contributed by atoms with Gasteiger partial charge >= 0.3 is 0 Å². The summed E-state index contributed by atoms with van der Waals surface area (Å²) in [7, 11) is 3.39. The number of carbonyl (C=O) groups is 4. The van der Waals surface area contributed by atoms with Crippen molar-refractivity contribution >= 4 is 23.6 Å². The van der Waals surface area contributed by atoms with E-state index in [1.165, 1.54) is 0 Å². The average molecular weight is 841 g/mol. The van der Waals surface area contributed by atoms with Gasteiger partial charge in [0.25, 0.3) is 11.8 Å². The third-order valence-electron chi connectivity index (χ3n) is 11.4. The van der Waals surface area contributed by atoms with Crippen LogP contribution in [0.1, 0.15) is 98.1 Å². The lowest BCUT2D eigenvalue weighted by Gasteiger charge is -2.30. The molecule has 4 aromatic rings. The van der Waals surface area contributed by atoms with Gasteiger partial charge in [-0.1, -0.05) is 123 Å². The highest BCUT2D eigenvalue weighted by Gasteiger charge is 2.32. The quantitative estimate of drug-likeness (QED) is 0.188. The SMILES string of the molecule is CC[C@@H]1C/C=C/C[C@H](C)Oc2ccccc2C(=O)N(C)[C@@H](Cc2ccccc2)C(=O)N1.CC[C@@H]1C/C=C\C[C@H](C)Oc2ccccc2C(=O)N(C)[C@@H](Cc2ccccc2)C(=O)N1. The van der Waals surface area contributed by atoms with Crippen LogP contribution in [0.3, 0.4) is 0 Å². The second kappa shape index (κ2) is 23.7. The predicted octanol–water partition coefficient (Wildman–Crippen LogP) is 8.76. The molecule has 0 unspecified atom stereocenters. The van der Waals surface area contributed by atoms with E-state index in [4.69, 9.17) is 9.47 Å². The van der Waals surface area contributed by atoms with Gasteiger partial charge in [0.1, 0.15) is 23.6 Å². The normalized spacial score (nSPS) is 23.8. The van der Waals surface area contributed by atoms with E-state index in [2.05, 4.69) is 48.8 Å². The highest BCUT2D eigenvalue weighted by atomic mass is 16.5. The van der Waals surface area contributed by atoms with Crippen molar-refractivity contribution in [1.82, 2.24) is 20.4 Å². The zero-order valence-electron chi connectivity index (χ0n) is 37.2. The molecule has 10 nitrogen and oxygen atoms in total. The third-order valence-corrected chi connectivity index (χ3v) is 11.4. The Balaban J connectivity index is 0.000000234. The summed E-state index contributed by atoms with van der Waals surface area (Å²) in [5.74, 6) is 0.372. The van der Waals surface area contributed by atoms with Crippen molar-refractivity contribution in [3.8, 4) is 11.5 Å². The Morgan fingerprint density at radius 3 is 1.21 bits per heavy atom. The number of ether oxygens (including phenoxy) is 2. The summed E-state index contributed by atoms with van der Waals surface area (Å²) in [5.41, 5.74) is 2.95. The van der Waals surface area contributed by atoms with Gasteiger partial charge in [-0.05, 0) is 74.9 Å². The zero-order valence-corrected chi connectivity index (χ0v) is 37.2. The molecule has 328 valence electrons. The van der Waals surface area contributed by atoms with Crippen molar-refractivity contribution in [1.29, 1.82) is 0 Å². The lowest BCUT2D eigenvalue weighted by molar-refractivity contribution is -0.126. The molecule has 0 bridgehead atoms. The summed E-state index contributed by atoms with van der Waals surface area (Å²) in [6.45, 7) is 8.12. The van der Waals surface area contributed by atoms with Crippen LogP contribution in [0.25, 0.3) is 0 Å². The van der Waals surface area contributed by atoms with Crippen LogP contribution in [-0.2, 0) is 22.4 Å². The van der Waals surface area contributed by atoms with E-state index in [0.29, 0.717) is 35.5 Å². The highest BCUT2D eigenvalue weighted by molar-refractivity contribution is 6.00. The molecule has 4 aromatic carbocycles. The maximum atomic E-state index is 13.5. The number of likely N-dealkylation sites (N-methyl/N-ethyl adjacent to an activating group) is 2. The van der Waals surface area contributed by atoms with Crippen LogP contribution >= 0.6 is 0 Å². The third kappa shape index (κ3) is 13.4. The number of nitrogens with zero attached hydrogens (tertiary/aromatic N) is 2. The van der Waals surface area contributed by atoms with E-state index in [1.54, 1.807) is 36.0 Å². The number of nitrogens with one attached hydrogen (secondary N) is 2. The number of amides is 4. The Kier molecular flexibility index (Phi) is 18.0. The van der Waals surface area contributed by atoms with Gasteiger partial charge in [-0.15, -0.1) is 0 Å². The first kappa shape index (κ1) is 46.9. The van der Waals surface area contributed by atoms with Crippen LogP contribution < -0.4 is 20.1 Å². The first-order valence-corrected chi connectivity index (χ1v) is 22.0. The second-order valence-electron chi connectivity index (χ2n) is 16.2. The van der Waals surface area contributed by atoms with Gasteiger partial charge in [-0.3, -0.25) is 19.2 Å². The number of para-hydroxylation sites is 2. The summed E-state index contributed by atoms with van der Waals surface area (Å²) in [6.07, 6.45) is 13.8. The molecule has 4 amide bonds. The minimum absolute atomic E-state index is 0.0250. The molecule has 62 heavy (non-hydrogen) atoms. The summed E-state index contributed by atoms with van der Waals surface area (Å²) in [6, 6.07) is 32.9. The van der Waals surface area contributed by atoms with E-state index >= 15 is 0 Å². The summed E-state index contributed by atoms with van der Waals surface area (Å²) in [5, 5.41) is 6.32. The number of fused-ring (bicyclic) bond motifs is 2. The zero-order chi connectivity index (χ0) is 44.4. The van der Waals surface area contributed by atoms with Gasteiger partial charge in [0.05, 0.1) is 23.3 Å². The number of rotatable bonds is 6.